The molecule has 0 aliphatic heterocycles. The summed E-state index contributed by atoms with van der Waals surface area (Å²) in [6.45, 7) is 5.60. The lowest BCUT2D eigenvalue weighted by atomic mass is 10.2. The van der Waals surface area contributed by atoms with Crippen LogP contribution >= 0.6 is 11.3 Å². The summed E-state index contributed by atoms with van der Waals surface area (Å²) in [6, 6.07) is 10.0. The highest BCUT2D eigenvalue weighted by molar-refractivity contribution is 7.91. The number of sulfonamides is 1. The largest absolute Gasteiger partial charge is 0.312 e. The van der Waals surface area contributed by atoms with Gasteiger partial charge in [0.1, 0.15) is 0 Å². The molecule has 0 saturated carbocycles. The Morgan fingerprint density at radius 2 is 1.77 bits per heavy atom. The lowest BCUT2D eigenvalue weighted by Crippen LogP contribution is -2.16. The van der Waals surface area contributed by atoms with Gasteiger partial charge in [-0.15, -0.1) is 6.58 Å². The van der Waals surface area contributed by atoms with Gasteiger partial charge >= 0.3 is 0 Å². The van der Waals surface area contributed by atoms with E-state index in [2.05, 4.69) is 11.6 Å². The van der Waals surface area contributed by atoms with Gasteiger partial charge in [-0.1, -0.05) is 24.3 Å². The quantitative estimate of drug-likeness (QED) is 0.557. The molecule has 0 saturated heterocycles. The fourth-order valence-electron chi connectivity index (χ4n) is 2.74. The monoisotopic (exact) mass is 465 g/mol. The highest BCUT2D eigenvalue weighted by Crippen LogP contribution is 2.21. The van der Waals surface area contributed by atoms with Crippen LogP contribution < -0.4 is 9.94 Å². The summed E-state index contributed by atoms with van der Waals surface area (Å²) in [6.07, 6.45) is 1.63. The summed E-state index contributed by atoms with van der Waals surface area (Å²) in [4.78, 5) is 17.3. The number of hydrogen-bond donors (Lipinski definition) is 1. The third kappa shape index (κ3) is 4.43. The minimum Gasteiger partial charge on any atom is -0.312 e. The van der Waals surface area contributed by atoms with E-state index in [0.29, 0.717) is 21.6 Å². The van der Waals surface area contributed by atoms with Crippen LogP contribution in [0.4, 0.5) is 0 Å². The van der Waals surface area contributed by atoms with E-state index in [1.165, 1.54) is 36.4 Å². The number of rotatable bonds is 6. The number of hydrogen-bond acceptors (Lipinski definition) is 6. The Hall–Kier alpha value is -2.60. The van der Waals surface area contributed by atoms with E-state index >= 15 is 0 Å². The van der Waals surface area contributed by atoms with Gasteiger partial charge in [-0.25, -0.2) is 22.0 Å². The fourth-order valence-corrected chi connectivity index (χ4v) is 5.32. The zero-order chi connectivity index (χ0) is 22.1. The van der Waals surface area contributed by atoms with Crippen LogP contribution in [0, 0.1) is 0 Å². The zero-order valence-corrected chi connectivity index (χ0v) is 18.4. The standard InChI is InChI=1S/C19H19N3O5S3/c1-3-11-22-16-10-9-15(30(20,26)27)12-17(16)28-19(22)21-18(23)13-5-7-14(8-6-13)29(24,25)4-2/h3,5-10,12H,1,4,11H2,2H3,(H2,20,26,27). The van der Waals surface area contributed by atoms with E-state index < -0.39 is 25.8 Å². The van der Waals surface area contributed by atoms with Crippen LogP contribution in [0.2, 0.25) is 0 Å². The van der Waals surface area contributed by atoms with Gasteiger partial charge in [0, 0.05) is 12.1 Å². The molecule has 1 amide bonds. The number of aromatic nitrogens is 1. The van der Waals surface area contributed by atoms with Crippen molar-refractivity contribution in [3.05, 3.63) is 65.5 Å². The number of nitrogens with zero attached hydrogens (tertiary/aromatic N) is 2. The summed E-state index contributed by atoms with van der Waals surface area (Å²) in [7, 11) is -7.23. The van der Waals surface area contributed by atoms with Crippen molar-refractivity contribution in [1.82, 2.24) is 4.57 Å². The van der Waals surface area contributed by atoms with Crippen LogP contribution in [0.15, 0.2) is 69.9 Å². The second kappa shape index (κ2) is 8.26. The van der Waals surface area contributed by atoms with Crippen LogP contribution in [-0.4, -0.2) is 33.1 Å². The Balaban J connectivity index is 2.09. The average molecular weight is 466 g/mol. The third-order valence-electron chi connectivity index (χ3n) is 4.33. The molecule has 0 radical (unpaired) electrons. The second-order valence-corrected chi connectivity index (χ2v) is 11.2. The Kier molecular flexibility index (Phi) is 6.09. The summed E-state index contributed by atoms with van der Waals surface area (Å²) in [5.41, 5.74) is 0.918. The number of thiazole rings is 1. The minimum absolute atomic E-state index is 0.0332. The predicted octanol–water partition coefficient (Wildman–Crippen LogP) is 2.07. The van der Waals surface area contributed by atoms with Crippen molar-refractivity contribution >= 4 is 47.3 Å². The average Bonchev–Trinajstić information content (AvgIpc) is 3.04. The number of sulfone groups is 1. The van der Waals surface area contributed by atoms with Crippen LogP contribution in [0.5, 0.6) is 0 Å². The van der Waals surface area contributed by atoms with Gasteiger partial charge in [-0.05, 0) is 42.5 Å². The first-order valence-corrected chi connectivity index (χ1v) is 12.8. The number of fused-ring (bicyclic) bond motifs is 1. The molecule has 0 atom stereocenters. The van der Waals surface area contributed by atoms with E-state index in [1.807, 2.05) is 0 Å². The number of carbonyl (C=O) groups excluding carboxylic acids is 1. The van der Waals surface area contributed by atoms with Crippen LogP contribution in [-0.2, 0) is 26.4 Å². The number of nitrogens with two attached hydrogens (primary N) is 1. The van der Waals surface area contributed by atoms with Gasteiger partial charge in [0.2, 0.25) is 10.0 Å². The molecule has 0 aliphatic carbocycles. The maximum atomic E-state index is 12.6. The van der Waals surface area contributed by atoms with Gasteiger partial charge in [-0.2, -0.15) is 4.99 Å². The van der Waals surface area contributed by atoms with Crippen LogP contribution in [0.25, 0.3) is 10.2 Å². The van der Waals surface area contributed by atoms with Gasteiger partial charge < -0.3 is 4.57 Å². The molecule has 3 rings (SSSR count). The van der Waals surface area contributed by atoms with Crippen molar-refractivity contribution in [2.75, 3.05) is 5.75 Å². The van der Waals surface area contributed by atoms with Crippen molar-refractivity contribution in [2.24, 2.45) is 10.1 Å². The molecule has 1 aromatic heterocycles. The van der Waals surface area contributed by atoms with Crippen molar-refractivity contribution in [3.63, 3.8) is 0 Å². The Morgan fingerprint density at radius 3 is 2.33 bits per heavy atom. The van der Waals surface area contributed by atoms with Crippen molar-refractivity contribution in [2.45, 2.75) is 23.3 Å². The highest BCUT2D eigenvalue weighted by atomic mass is 32.2. The summed E-state index contributed by atoms with van der Waals surface area (Å²) in [5, 5.41) is 5.19. The Morgan fingerprint density at radius 1 is 1.13 bits per heavy atom. The molecule has 0 spiro atoms. The first-order valence-electron chi connectivity index (χ1n) is 8.76. The Labute approximate surface area is 178 Å². The van der Waals surface area contributed by atoms with Crippen molar-refractivity contribution in [3.8, 4) is 0 Å². The molecule has 0 bridgehead atoms. The first kappa shape index (κ1) is 22.1. The molecular formula is C19H19N3O5S3. The van der Waals surface area contributed by atoms with Crippen LogP contribution in [0.1, 0.15) is 17.3 Å². The van der Waals surface area contributed by atoms with E-state index in [-0.39, 0.29) is 21.1 Å². The lowest BCUT2D eigenvalue weighted by molar-refractivity contribution is 0.0997. The molecule has 11 heteroatoms. The molecular weight excluding hydrogens is 446 g/mol. The predicted molar refractivity (Wildman–Crippen MR) is 115 cm³/mol. The molecule has 30 heavy (non-hydrogen) atoms. The molecule has 3 aromatic rings. The minimum atomic E-state index is -3.86. The molecule has 2 aromatic carbocycles. The van der Waals surface area contributed by atoms with Crippen LogP contribution in [0.3, 0.4) is 0 Å². The van der Waals surface area contributed by atoms with E-state index in [9.17, 15) is 21.6 Å². The number of allylic oxidation sites excluding steroid dienone is 1. The maximum Gasteiger partial charge on any atom is 0.279 e. The molecule has 0 fully saturated rings. The van der Waals surface area contributed by atoms with Crippen molar-refractivity contribution < 1.29 is 21.6 Å². The molecule has 0 unspecified atom stereocenters. The molecule has 8 nitrogen and oxygen atoms in total. The highest BCUT2D eigenvalue weighted by Gasteiger charge is 2.15. The Bertz CT molecular complexity index is 1410. The SMILES string of the molecule is C=CCn1c(=NC(=O)c2ccc(S(=O)(=O)CC)cc2)sc2cc(S(N)(=O)=O)ccc21. The van der Waals surface area contributed by atoms with Gasteiger partial charge in [0.25, 0.3) is 5.91 Å². The maximum absolute atomic E-state index is 12.6. The smallest absolute Gasteiger partial charge is 0.279 e. The summed E-state index contributed by atoms with van der Waals surface area (Å²) < 4.78 is 49.4. The zero-order valence-electron chi connectivity index (χ0n) is 16.0. The van der Waals surface area contributed by atoms with Gasteiger partial charge in [0.05, 0.1) is 25.8 Å². The summed E-state index contributed by atoms with van der Waals surface area (Å²) >= 11 is 1.14. The lowest BCUT2D eigenvalue weighted by Gasteiger charge is -2.03. The van der Waals surface area contributed by atoms with E-state index in [0.717, 1.165) is 11.3 Å². The molecule has 1 heterocycles. The first-order chi connectivity index (χ1) is 14.1. The number of amides is 1. The molecule has 158 valence electrons. The normalized spacial score (nSPS) is 12.9. The van der Waals surface area contributed by atoms with Crippen molar-refractivity contribution in [1.29, 1.82) is 0 Å². The fraction of sp³-hybridized carbons (Fsp3) is 0.158. The topological polar surface area (TPSA) is 129 Å². The summed E-state index contributed by atoms with van der Waals surface area (Å²) in [5.74, 6) is -0.583. The van der Waals surface area contributed by atoms with Gasteiger partial charge in [-0.3, -0.25) is 4.79 Å². The third-order valence-corrected chi connectivity index (χ3v) is 8.03. The number of benzene rings is 2. The van der Waals surface area contributed by atoms with E-state index in [1.54, 1.807) is 23.6 Å². The second-order valence-electron chi connectivity index (χ2n) is 6.30. The van der Waals surface area contributed by atoms with Gasteiger partial charge in [0.15, 0.2) is 14.6 Å². The molecule has 2 N–H and O–H groups in total. The number of primary sulfonamides is 1. The van der Waals surface area contributed by atoms with E-state index in [4.69, 9.17) is 5.14 Å². The number of carbonyl (C=O) groups is 1. The molecule has 0 aliphatic rings.